The molecule has 0 aliphatic heterocycles. The van der Waals surface area contributed by atoms with Crippen molar-refractivity contribution in [1.82, 2.24) is 9.88 Å². The fraction of sp³-hybridized carbons (Fsp3) is 0.444. The molecule has 0 spiro atoms. The molecular weight excluding hydrogens is 152 g/mol. The van der Waals surface area contributed by atoms with E-state index in [9.17, 15) is 4.79 Å². The molecule has 0 atom stereocenters. The van der Waals surface area contributed by atoms with Crippen LogP contribution in [-0.2, 0) is 0 Å². The smallest absolute Gasteiger partial charge is 0.255 e. The van der Waals surface area contributed by atoms with E-state index in [0.29, 0.717) is 0 Å². The summed E-state index contributed by atoms with van der Waals surface area (Å²) in [6.45, 7) is 4.62. The maximum atomic E-state index is 11.6. The maximum Gasteiger partial charge on any atom is 0.255 e. The molecule has 0 aliphatic rings. The Bertz CT molecular complexity index is 278. The molecule has 3 heteroatoms. The van der Waals surface area contributed by atoms with Gasteiger partial charge in [-0.05, 0) is 19.4 Å². The van der Waals surface area contributed by atoms with E-state index in [-0.39, 0.29) is 5.91 Å². The summed E-state index contributed by atoms with van der Waals surface area (Å²) in [5.74, 6) is 0.0799. The Balaban J connectivity index is 2.85. The van der Waals surface area contributed by atoms with Crippen molar-refractivity contribution in [3.8, 4) is 0 Å². The number of hydrogen-bond acceptors (Lipinski definition) is 1. The molecule has 12 heavy (non-hydrogen) atoms. The molecule has 1 amide bonds. The maximum absolute atomic E-state index is 11.6. The Morgan fingerprint density at radius 3 is 2.67 bits per heavy atom. The lowest BCUT2D eigenvalue weighted by atomic mass is 10.2. The summed E-state index contributed by atoms with van der Waals surface area (Å²) in [6, 6.07) is 0. The molecule has 0 saturated heterocycles. The first-order valence-electron chi connectivity index (χ1n) is 4.05. The molecule has 0 aliphatic carbocycles. The van der Waals surface area contributed by atoms with Gasteiger partial charge in [0.25, 0.3) is 5.91 Å². The predicted octanol–water partition coefficient (Wildman–Crippen LogP) is 1.42. The van der Waals surface area contributed by atoms with Crippen LogP contribution in [-0.4, -0.2) is 29.4 Å². The van der Waals surface area contributed by atoms with E-state index in [4.69, 9.17) is 0 Å². The minimum Gasteiger partial charge on any atom is -0.367 e. The highest BCUT2D eigenvalue weighted by Crippen LogP contribution is 2.08. The highest BCUT2D eigenvalue weighted by Gasteiger charge is 2.12. The zero-order chi connectivity index (χ0) is 9.14. The largest absolute Gasteiger partial charge is 0.367 e. The first-order valence-corrected chi connectivity index (χ1v) is 4.05. The average molecular weight is 166 g/mol. The standard InChI is InChI=1S/C9H14N2O/c1-4-11(3)9(12)8-6-10-5-7(8)2/h5-6,10H,4H2,1-3H3. The molecule has 1 aromatic heterocycles. The van der Waals surface area contributed by atoms with Crippen LogP contribution in [0.4, 0.5) is 0 Å². The van der Waals surface area contributed by atoms with Crippen LogP contribution < -0.4 is 0 Å². The number of aryl methyl sites for hydroxylation is 1. The Morgan fingerprint density at radius 2 is 2.25 bits per heavy atom. The van der Waals surface area contributed by atoms with E-state index in [1.54, 1.807) is 18.1 Å². The molecule has 0 bridgehead atoms. The van der Waals surface area contributed by atoms with Crippen LogP contribution in [0.2, 0.25) is 0 Å². The van der Waals surface area contributed by atoms with Crippen molar-refractivity contribution in [2.75, 3.05) is 13.6 Å². The molecule has 0 saturated carbocycles. The Labute approximate surface area is 72.4 Å². The van der Waals surface area contributed by atoms with Crippen molar-refractivity contribution in [1.29, 1.82) is 0 Å². The van der Waals surface area contributed by atoms with Crippen molar-refractivity contribution in [2.45, 2.75) is 13.8 Å². The van der Waals surface area contributed by atoms with Crippen LogP contribution in [0.1, 0.15) is 22.8 Å². The second-order valence-electron chi connectivity index (χ2n) is 2.87. The van der Waals surface area contributed by atoms with E-state index in [2.05, 4.69) is 4.98 Å². The number of H-pyrrole nitrogens is 1. The molecule has 0 unspecified atom stereocenters. The van der Waals surface area contributed by atoms with Crippen molar-refractivity contribution >= 4 is 5.91 Å². The predicted molar refractivity (Wildman–Crippen MR) is 48.2 cm³/mol. The number of aromatic nitrogens is 1. The zero-order valence-corrected chi connectivity index (χ0v) is 7.72. The first-order chi connectivity index (χ1) is 5.66. The number of nitrogens with zero attached hydrogens (tertiary/aromatic N) is 1. The fourth-order valence-corrected chi connectivity index (χ4v) is 1.02. The summed E-state index contributed by atoms with van der Waals surface area (Å²) in [5.41, 5.74) is 1.76. The second kappa shape index (κ2) is 3.43. The number of aromatic amines is 1. The highest BCUT2D eigenvalue weighted by molar-refractivity contribution is 5.95. The molecule has 66 valence electrons. The van der Waals surface area contributed by atoms with Crippen molar-refractivity contribution < 1.29 is 4.79 Å². The van der Waals surface area contributed by atoms with Crippen LogP contribution in [0, 0.1) is 6.92 Å². The Kier molecular flexibility index (Phi) is 2.53. The lowest BCUT2D eigenvalue weighted by molar-refractivity contribution is 0.0802. The molecule has 1 aromatic rings. The number of carbonyl (C=O) groups is 1. The monoisotopic (exact) mass is 166 g/mol. The summed E-state index contributed by atoms with van der Waals surface area (Å²) in [6.07, 6.45) is 3.57. The normalized spacial score (nSPS) is 9.92. The van der Waals surface area contributed by atoms with E-state index < -0.39 is 0 Å². The number of nitrogens with one attached hydrogen (secondary N) is 1. The van der Waals surface area contributed by atoms with Gasteiger partial charge in [-0.25, -0.2) is 0 Å². The van der Waals surface area contributed by atoms with Gasteiger partial charge in [-0.2, -0.15) is 0 Å². The highest BCUT2D eigenvalue weighted by atomic mass is 16.2. The van der Waals surface area contributed by atoms with Gasteiger partial charge in [0.15, 0.2) is 0 Å². The number of hydrogen-bond donors (Lipinski definition) is 1. The van der Waals surface area contributed by atoms with E-state index >= 15 is 0 Å². The van der Waals surface area contributed by atoms with Crippen molar-refractivity contribution in [3.63, 3.8) is 0 Å². The quantitative estimate of drug-likeness (QED) is 0.708. The fourth-order valence-electron chi connectivity index (χ4n) is 1.02. The molecule has 1 N–H and O–H groups in total. The lowest BCUT2D eigenvalue weighted by Crippen LogP contribution is -2.26. The summed E-state index contributed by atoms with van der Waals surface area (Å²) in [5, 5.41) is 0. The minimum absolute atomic E-state index is 0.0799. The average Bonchev–Trinajstić information content (AvgIpc) is 2.48. The van der Waals surface area contributed by atoms with E-state index in [1.807, 2.05) is 20.0 Å². The number of rotatable bonds is 2. The second-order valence-corrected chi connectivity index (χ2v) is 2.87. The van der Waals surface area contributed by atoms with Crippen LogP contribution in [0.3, 0.4) is 0 Å². The van der Waals surface area contributed by atoms with Crippen LogP contribution in [0.25, 0.3) is 0 Å². The SMILES string of the molecule is CCN(C)C(=O)c1c[nH]cc1C. The number of carbonyl (C=O) groups excluding carboxylic acids is 1. The van der Waals surface area contributed by atoms with Gasteiger partial charge in [0.2, 0.25) is 0 Å². The molecule has 1 heterocycles. The lowest BCUT2D eigenvalue weighted by Gasteiger charge is -2.13. The third kappa shape index (κ3) is 1.49. The zero-order valence-electron chi connectivity index (χ0n) is 7.72. The van der Waals surface area contributed by atoms with Crippen LogP contribution >= 0.6 is 0 Å². The molecular formula is C9H14N2O. The molecule has 0 radical (unpaired) electrons. The van der Waals surface area contributed by atoms with Gasteiger partial charge in [0.05, 0.1) is 5.56 Å². The van der Waals surface area contributed by atoms with Gasteiger partial charge in [0.1, 0.15) is 0 Å². The van der Waals surface area contributed by atoms with Crippen LogP contribution in [0.15, 0.2) is 12.4 Å². The summed E-state index contributed by atoms with van der Waals surface area (Å²) >= 11 is 0. The Morgan fingerprint density at radius 1 is 1.58 bits per heavy atom. The van der Waals surface area contributed by atoms with E-state index in [0.717, 1.165) is 17.7 Å². The summed E-state index contributed by atoms with van der Waals surface area (Å²) in [7, 11) is 1.80. The third-order valence-corrected chi connectivity index (χ3v) is 2.00. The van der Waals surface area contributed by atoms with Gasteiger partial charge in [-0.3, -0.25) is 4.79 Å². The Hall–Kier alpha value is -1.25. The summed E-state index contributed by atoms with van der Waals surface area (Å²) < 4.78 is 0. The molecule has 3 nitrogen and oxygen atoms in total. The number of amides is 1. The minimum atomic E-state index is 0.0799. The van der Waals surface area contributed by atoms with Crippen molar-refractivity contribution in [2.24, 2.45) is 0 Å². The topological polar surface area (TPSA) is 36.1 Å². The van der Waals surface area contributed by atoms with Gasteiger partial charge >= 0.3 is 0 Å². The van der Waals surface area contributed by atoms with Crippen LogP contribution in [0.5, 0.6) is 0 Å². The molecule has 0 fully saturated rings. The molecule has 0 aromatic carbocycles. The van der Waals surface area contributed by atoms with Gasteiger partial charge < -0.3 is 9.88 Å². The van der Waals surface area contributed by atoms with E-state index in [1.165, 1.54) is 0 Å². The van der Waals surface area contributed by atoms with Crippen molar-refractivity contribution in [3.05, 3.63) is 23.5 Å². The first kappa shape index (κ1) is 8.84. The van der Waals surface area contributed by atoms with Gasteiger partial charge in [-0.1, -0.05) is 0 Å². The van der Waals surface area contributed by atoms with Gasteiger partial charge in [-0.15, -0.1) is 0 Å². The third-order valence-electron chi connectivity index (χ3n) is 2.00. The van der Waals surface area contributed by atoms with Gasteiger partial charge in [0, 0.05) is 26.0 Å². The summed E-state index contributed by atoms with van der Waals surface area (Å²) in [4.78, 5) is 16.2. The molecule has 1 rings (SSSR count).